The number of ketones is 1. The van der Waals surface area contributed by atoms with Crippen LogP contribution in [0.1, 0.15) is 35.2 Å². The molecule has 88 valence electrons. The van der Waals surface area contributed by atoms with E-state index in [0.29, 0.717) is 12.3 Å². The molecule has 0 N–H and O–H groups in total. The normalized spacial score (nSPS) is 10.2. The van der Waals surface area contributed by atoms with Crippen LogP contribution in [0.3, 0.4) is 0 Å². The maximum Gasteiger partial charge on any atom is 0.162 e. The summed E-state index contributed by atoms with van der Waals surface area (Å²) in [6.45, 7) is 1.94. The Morgan fingerprint density at radius 2 is 2.12 bits per heavy atom. The summed E-state index contributed by atoms with van der Waals surface area (Å²) in [6, 6.07) is 5.53. The second-order valence-corrected chi connectivity index (χ2v) is 4.13. The third-order valence-electron chi connectivity index (χ3n) is 2.50. The van der Waals surface area contributed by atoms with Gasteiger partial charge in [-0.2, -0.15) is 0 Å². The summed E-state index contributed by atoms with van der Waals surface area (Å²) in [7, 11) is 1.63. The van der Waals surface area contributed by atoms with Gasteiger partial charge >= 0.3 is 0 Å². The maximum atomic E-state index is 11.8. The van der Waals surface area contributed by atoms with Crippen LogP contribution in [0.2, 0.25) is 0 Å². The van der Waals surface area contributed by atoms with E-state index >= 15 is 0 Å². The summed E-state index contributed by atoms with van der Waals surface area (Å²) in [6.07, 6.45) is 2.31. The van der Waals surface area contributed by atoms with Crippen molar-refractivity contribution in [3.63, 3.8) is 0 Å². The zero-order valence-electron chi connectivity index (χ0n) is 9.75. The van der Waals surface area contributed by atoms with Crippen molar-refractivity contribution in [2.75, 3.05) is 13.0 Å². The van der Waals surface area contributed by atoms with Gasteiger partial charge in [0, 0.05) is 17.9 Å². The molecule has 0 spiro atoms. The van der Waals surface area contributed by atoms with Crippen LogP contribution in [0.25, 0.3) is 0 Å². The molecule has 0 aromatic heterocycles. The van der Waals surface area contributed by atoms with Crippen LogP contribution in [0.5, 0.6) is 5.75 Å². The van der Waals surface area contributed by atoms with Crippen molar-refractivity contribution in [2.45, 2.75) is 26.2 Å². The Kier molecular flexibility index (Phi) is 5.33. The number of hydrogen-bond donors (Lipinski definition) is 0. The molecule has 0 aliphatic carbocycles. The van der Waals surface area contributed by atoms with E-state index in [9.17, 15) is 4.79 Å². The van der Waals surface area contributed by atoms with Crippen LogP contribution in [-0.2, 0) is 0 Å². The smallest absolute Gasteiger partial charge is 0.162 e. The highest BCUT2D eigenvalue weighted by atomic mass is 35.5. The number of aryl methyl sites for hydroxylation is 1. The summed E-state index contributed by atoms with van der Waals surface area (Å²) >= 11 is 5.57. The van der Waals surface area contributed by atoms with Gasteiger partial charge in [-0.15, -0.1) is 11.6 Å². The predicted octanol–water partition coefficient (Wildman–Crippen LogP) is 3.60. The number of ether oxygens (including phenoxy) is 1. The number of rotatable bonds is 6. The molecule has 0 fully saturated rings. The fourth-order valence-electron chi connectivity index (χ4n) is 1.58. The SMILES string of the molecule is COc1ccc(C(=O)CCCCCl)cc1C. The van der Waals surface area contributed by atoms with Crippen LogP contribution in [0.15, 0.2) is 18.2 Å². The Hall–Kier alpha value is -1.02. The number of carbonyl (C=O) groups excluding carboxylic acids is 1. The van der Waals surface area contributed by atoms with E-state index in [1.807, 2.05) is 25.1 Å². The van der Waals surface area contributed by atoms with Crippen molar-refractivity contribution < 1.29 is 9.53 Å². The molecule has 0 heterocycles. The largest absolute Gasteiger partial charge is 0.496 e. The zero-order valence-corrected chi connectivity index (χ0v) is 10.5. The van der Waals surface area contributed by atoms with E-state index in [1.54, 1.807) is 7.11 Å². The van der Waals surface area contributed by atoms with Crippen LogP contribution >= 0.6 is 11.6 Å². The molecule has 2 nitrogen and oxygen atoms in total. The molecule has 0 amide bonds. The molecule has 3 heteroatoms. The minimum Gasteiger partial charge on any atom is -0.496 e. The Morgan fingerprint density at radius 1 is 1.38 bits per heavy atom. The van der Waals surface area contributed by atoms with Gasteiger partial charge in [0.15, 0.2) is 5.78 Å². The number of hydrogen-bond acceptors (Lipinski definition) is 2. The number of unbranched alkanes of at least 4 members (excludes halogenated alkanes) is 1. The number of methoxy groups -OCH3 is 1. The molecule has 0 unspecified atom stereocenters. The quantitative estimate of drug-likeness (QED) is 0.432. The highest BCUT2D eigenvalue weighted by Crippen LogP contribution is 2.19. The van der Waals surface area contributed by atoms with Crippen LogP contribution in [-0.4, -0.2) is 18.8 Å². The van der Waals surface area contributed by atoms with E-state index in [2.05, 4.69) is 0 Å². The minimum atomic E-state index is 0.177. The number of halogens is 1. The summed E-state index contributed by atoms with van der Waals surface area (Å²) in [5.74, 6) is 1.61. The number of carbonyl (C=O) groups is 1. The second-order valence-electron chi connectivity index (χ2n) is 3.75. The van der Waals surface area contributed by atoms with Crippen molar-refractivity contribution in [2.24, 2.45) is 0 Å². The second kappa shape index (κ2) is 6.54. The topological polar surface area (TPSA) is 26.3 Å². The van der Waals surface area contributed by atoms with Crippen molar-refractivity contribution in [3.8, 4) is 5.75 Å². The minimum absolute atomic E-state index is 0.177. The van der Waals surface area contributed by atoms with E-state index in [4.69, 9.17) is 16.3 Å². The van der Waals surface area contributed by atoms with Crippen molar-refractivity contribution in [1.29, 1.82) is 0 Å². The summed E-state index contributed by atoms with van der Waals surface area (Å²) in [4.78, 5) is 11.8. The van der Waals surface area contributed by atoms with E-state index in [1.165, 1.54) is 0 Å². The van der Waals surface area contributed by atoms with Gasteiger partial charge in [0.2, 0.25) is 0 Å². The molecule has 0 bridgehead atoms. The first-order valence-electron chi connectivity index (χ1n) is 5.43. The molecule has 0 saturated heterocycles. The van der Waals surface area contributed by atoms with Gasteiger partial charge in [-0.05, 0) is 43.5 Å². The first-order valence-corrected chi connectivity index (χ1v) is 5.96. The molecule has 16 heavy (non-hydrogen) atoms. The Morgan fingerprint density at radius 3 is 2.69 bits per heavy atom. The van der Waals surface area contributed by atoms with E-state index < -0.39 is 0 Å². The van der Waals surface area contributed by atoms with Crippen molar-refractivity contribution >= 4 is 17.4 Å². The summed E-state index contributed by atoms with van der Waals surface area (Å²) < 4.78 is 5.15. The lowest BCUT2D eigenvalue weighted by molar-refractivity contribution is 0.0980. The molecule has 0 atom stereocenters. The van der Waals surface area contributed by atoms with Gasteiger partial charge in [-0.1, -0.05) is 0 Å². The molecule has 0 aliphatic rings. The summed E-state index contributed by atoms with van der Waals surface area (Å²) in [5, 5.41) is 0. The zero-order chi connectivity index (χ0) is 12.0. The number of Topliss-reactive ketones (excluding diaryl/α,β-unsaturated/α-hetero) is 1. The highest BCUT2D eigenvalue weighted by molar-refractivity contribution is 6.17. The summed E-state index contributed by atoms with van der Waals surface area (Å²) in [5.41, 5.74) is 1.75. The van der Waals surface area contributed by atoms with Gasteiger partial charge in [0.1, 0.15) is 5.75 Å². The van der Waals surface area contributed by atoms with Crippen LogP contribution < -0.4 is 4.74 Å². The average Bonchev–Trinajstić information content (AvgIpc) is 2.29. The molecule has 0 radical (unpaired) electrons. The highest BCUT2D eigenvalue weighted by Gasteiger charge is 2.07. The van der Waals surface area contributed by atoms with Gasteiger partial charge < -0.3 is 4.74 Å². The van der Waals surface area contributed by atoms with Crippen molar-refractivity contribution in [3.05, 3.63) is 29.3 Å². The van der Waals surface area contributed by atoms with Crippen LogP contribution in [0, 0.1) is 6.92 Å². The van der Waals surface area contributed by atoms with E-state index in [-0.39, 0.29) is 5.78 Å². The monoisotopic (exact) mass is 240 g/mol. The fraction of sp³-hybridized carbons (Fsp3) is 0.462. The van der Waals surface area contributed by atoms with Crippen LogP contribution in [0.4, 0.5) is 0 Å². The van der Waals surface area contributed by atoms with Gasteiger partial charge in [0.25, 0.3) is 0 Å². The third-order valence-corrected chi connectivity index (χ3v) is 2.77. The first kappa shape index (κ1) is 13.0. The van der Waals surface area contributed by atoms with Gasteiger partial charge in [-0.25, -0.2) is 0 Å². The van der Waals surface area contributed by atoms with Gasteiger partial charge in [-0.3, -0.25) is 4.79 Å². The van der Waals surface area contributed by atoms with Crippen molar-refractivity contribution in [1.82, 2.24) is 0 Å². The maximum absolute atomic E-state index is 11.8. The molecule has 1 aromatic carbocycles. The Balaban J connectivity index is 2.66. The molecule has 0 saturated carbocycles. The third kappa shape index (κ3) is 3.53. The lowest BCUT2D eigenvalue weighted by atomic mass is 10.0. The predicted molar refractivity (Wildman–Crippen MR) is 66.6 cm³/mol. The molecular weight excluding hydrogens is 224 g/mol. The standard InChI is InChI=1S/C13H17ClO2/c1-10-9-11(6-7-13(10)16-2)12(15)5-3-4-8-14/h6-7,9H,3-5,8H2,1-2H3. The molecule has 0 aliphatic heterocycles. The average molecular weight is 241 g/mol. The Bertz CT molecular complexity index is 361. The molecule has 1 aromatic rings. The Labute approximate surface area is 102 Å². The molecule has 1 rings (SSSR count). The number of alkyl halides is 1. The molecular formula is C13H17ClO2. The van der Waals surface area contributed by atoms with E-state index in [0.717, 1.165) is 29.7 Å². The lowest BCUT2D eigenvalue weighted by Gasteiger charge is -2.06. The first-order chi connectivity index (χ1) is 7.69. The fourth-order valence-corrected chi connectivity index (χ4v) is 1.77. The van der Waals surface area contributed by atoms with Gasteiger partial charge in [0.05, 0.1) is 7.11 Å². The number of benzene rings is 1. The lowest BCUT2D eigenvalue weighted by Crippen LogP contribution is -2.00.